The second kappa shape index (κ2) is 13.2. The van der Waals surface area contributed by atoms with E-state index in [1.54, 1.807) is 18.2 Å². The number of rotatable bonds is 11. The molecule has 17 nitrogen and oxygen atoms in total. The number of halogens is 1. The molecule has 1 aliphatic heterocycles. The molecule has 4 aromatic rings. The fourth-order valence-corrected chi connectivity index (χ4v) is 4.84. The van der Waals surface area contributed by atoms with Crippen molar-refractivity contribution in [1.82, 2.24) is 24.4 Å². The van der Waals surface area contributed by atoms with Gasteiger partial charge in [0.15, 0.2) is 29.3 Å². The summed E-state index contributed by atoms with van der Waals surface area (Å²) < 4.78 is 23.2. The van der Waals surface area contributed by atoms with Crippen LogP contribution >= 0.6 is 11.6 Å². The van der Waals surface area contributed by atoms with E-state index in [2.05, 4.69) is 35.0 Å². The van der Waals surface area contributed by atoms with Gasteiger partial charge in [0.1, 0.15) is 42.4 Å². The molecule has 1 amide bonds. The Morgan fingerprint density at radius 1 is 1.25 bits per heavy atom. The van der Waals surface area contributed by atoms with Crippen LogP contribution < -0.4 is 15.8 Å². The third kappa shape index (κ3) is 6.66. The molecule has 1 fully saturated rings. The normalized spacial score (nSPS) is 19.6. The molecule has 1 aliphatic rings. The summed E-state index contributed by atoms with van der Waals surface area (Å²) in [6, 6.07) is 7.57. The van der Waals surface area contributed by atoms with Crippen LogP contribution in [0.15, 0.2) is 52.5 Å². The number of ether oxygens (including phenoxy) is 3. The number of aliphatic hydroxyl groups excluding tert-OH is 1. The van der Waals surface area contributed by atoms with Crippen molar-refractivity contribution in [2.45, 2.75) is 44.2 Å². The maximum Gasteiger partial charge on any atom is 0.412 e. The Morgan fingerprint density at radius 3 is 2.80 bits per heavy atom. The van der Waals surface area contributed by atoms with Crippen molar-refractivity contribution in [2.75, 3.05) is 19.4 Å². The standard InChI is InChI=1S/C26H27ClN10O7/c1-36(2)9-15-4-5-16(42-15)10-41-17-6-3-14(27)7-13(17)8-30-22-19-23(32-11-31-22)37(12-33-19)24-20(38)18(34-35-29)21(43-24)25(39)44-26(28)40/h3-7,11-12,18,20-21,24,38H,8-10H2,1-2H3,(H2,28,40)(H,30,31,32). The number of nitrogens with two attached hydrogens (primary N) is 1. The smallest absolute Gasteiger partial charge is 0.412 e. The number of azide groups is 1. The summed E-state index contributed by atoms with van der Waals surface area (Å²) in [5.74, 6) is 1.18. The third-order valence-corrected chi connectivity index (χ3v) is 6.75. The number of anilines is 1. The van der Waals surface area contributed by atoms with E-state index in [4.69, 9.17) is 36.8 Å². The van der Waals surface area contributed by atoms with Gasteiger partial charge < -0.3 is 39.7 Å². The predicted molar refractivity (Wildman–Crippen MR) is 153 cm³/mol. The molecule has 3 aromatic heterocycles. The number of aliphatic hydroxyl groups is 1. The molecule has 0 spiro atoms. The molecule has 0 aliphatic carbocycles. The summed E-state index contributed by atoms with van der Waals surface area (Å²) in [5.41, 5.74) is 15.1. The van der Waals surface area contributed by atoms with Crippen molar-refractivity contribution in [1.29, 1.82) is 0 Å². The average Bonchev–Trinajstić information content (AvgIpc) is 3.69. The molecule has 44 heavy (non-hydrogen) atoms. The molecular weight excluding hydrogens is 600 g/mol. The number of carbonyl (C=O) groups excluding carboxylic acids is 2. The molecule has 1 aromatic carbocycles. The van der Waals surface area contributed by atoms with Crippen LogP contribution in [-0.4, -0.2) is 73.9 Å². The maximum atomic E-state index is 12.3. The first-order chi connectivity index (χ1) is 21.1. The monoisotopic (exact) mass is 626 g/mol. The largest absolute Gasteiger partial charge is 0.485 e. The van der Waals surface area contributed by atoms with Gasteiger partial charge in [0.05, 0.1) is 12.9 Å². The van der Waals surface area contributed by atoms with Gasteiger partial charge in [-0.15, -0.1) is 0 Å². The highest BCUT2D eigenvalue weighted by Gasteiger charge is 2.49. The van der Waals surface area contributed by atoms with Crippen molar-refractivity contribution in [2.24, 2.45) is 10.8 Å². The number of nitrogens with zero attached hydrogens (tertiary/aromatic N) is 8. The fourth-order valence-electron chi connectivity index (χ4n) is 4.65. The molecule has 0 saturated carbocycles. The van der Waals surface area contributed by atoms with Gasteiger partial charge in [-0.2, -0.15) is 0 Å². The van der Waals surface area contributed by atoms with Gasteiger partial charge in [-0.05, 0) is 50.0 Å². The fraction of sp³-hybridized carbons (Fsp3) is 0.346. The van der Waals surface area contributed by atoms with Gasteiger partial charge in [0, 0.05) is 22.0 Å². The second-order valence-corrected chi connectivity index (χ2v) is 10.4. The molecule has 0 radical (unpaired) electrons. The first-order valence-corrected chi connectivity index (χ1v) is 13.5. The van der Waals surface area contributed by atoms with Crippen LogP contribution in [0.2, 0.25) is 5.02 Å². The highest BCUT2D eigenvalue weighted by molar-refractivity contribution is 6.30. The SMILES string of the molecule is CN(C)Cc1ccc(COc2ccc(Cl)cc2CNc2ncnc3c2ncn3C2OC(C(=O)OC(N)=O)C(N=[N+]=[N-])C2O)o1. The zero-order chi connectivity index (χ0) is 31.4. The summed E-state index contributed by atoms with van der Waals surface area (Å²) in [4.78, 5) is 40.9. The van der Waals surface area contributed by atoms with Crippen molar-refractivity contribution in [3.8, 4) is 5.75 Å². The van der Waals surface area contributed by atoms with Crippen molar-refractivity contribution in [3.05, 3.63) is 75.5 Å². The molecule has 18 heteroatoms. The zero-order valence-corrected chi connectivity index (χ0v) is 24.2. The molecule has 4 heterocycles. The van der Waals surface area contributed by atoms with Gasteiger partial charge in [0.25, 0.3) is 0 Å². The highest BCUT2D eigenvalue weighted by atomic mass is 35.5. The number of imidazole rings is 1. The van der Waals surface area contributed by atoms with Crippen molar-refractivity contribution in [3.63, 3.8) is 0 Å². The Bertz CT molecular complexity index is 1720. The van der Waals surface area contributed by atoms with E-state index in [9.17, 15) is 14.7 Å². The first kappa shape index (κ1) is 30.5. The molecule has 4 N–H and O–H groups in total. The number of aromatic nitrogens is 4. The predicted octanol–water partition coefficient (Wildman–Crippen LogP) is 2.88. The summed E-state index contributed by atoms with van der Waals surface area (Å²) in [6.07, 6.45) is -3.22. The number of furan rings is 1. The van der Waals surface area contributed by atoms with Crippen LogP contribution in [0.5, 0.6) is 5.75 Å². The topological polar surface area (TPSA) is 229 Å². The van der Waals surface area contributed by atoms with Crippen LogP contribution in [-0.2, 0) is 34.0 Å². The highest BCUT2D eigenvalue weighted by Crippen LogP contribution is 2.35. The number of hydrogen-bond acceptors (Lipinski definition) is 13. The van der Waals surface area contributed by atoms with E-state index < -0.39 is 36.5 Å². The Kier molecular flexibility index (Phi) is 9.12. The maximum absolute atomic E-state index is 12.3. The number of carbonyl (C=O) groups is 2. The summed E-state index contributed by atoms with van der Waals surface area (Å²) in [6.45, 7) is 1.11. The van der Waals surface area contributed by atoms with Gasteiger partial charge in [-0.25, -0.2) is 24.5 Å². The molecule has 0 bridgehead atoms. The third-order valence-electron chi connectivity index (χ3n) is 6.52. The lowest BCUT2D eigenvalue weighted by atomic mass is 10.1. The van der Waals surface area contributed by atoms with E-state index >= 15 is 0 Å². The average molecular weight is 627 g/mol. The molecule has 5 rings (SSSR count). The summed E-state index contributed by atoms with van der Waals surface area (Å²) >= 11 is 6.27. The van der Waals surface area contributed by atoms with Crippen LogP contribution in [0.1, 0.15) is 23.3 Å². The Hall–Kier alpha value is -4.93. The van der Waals surface area contributed by atoms with Crippen molar-refractivity contribution >= 4 is 40.6 Å². The van der Waals surface area contributed by atoms with Gasteiger partial charge >= 0.3 is 12.1 Å². The van der Waals surface area contributed by atoms with Gasteiger partial charge in [0.2, 0.25) is 0 Å². The number of fused-ring (bicyclic) bond motifs is 1. The molecular formula is C26H27ClN10O7. The van der Waals surface area contributed by atoms with E-state index in [0.717, 1.165) is 11.3 Å². The van der Waals surface area contributed by atoms with Crippen LogP contribution in [0.3, 0.4) is 0 Å². The number of benzene rings is 1. The number of amides is 1. The minimum atomic E-state index is -1.61. The second-order valence-electron chi connectivity index (χ2n) is 9.92. The van der Waals surface area contributed by atoms with Gasteiger partial charge in [-0.1, -0.05) is 16.7 Å². The molecule has 230 valence electrons. The number of hydrogen-bond donors (Lipinski definition) is 3. The minimum absolute atomic E-state index is 0.207. The van der Waals surface area contributed by atoms with E-state index in [1.807, 2.05) is 31.1 Å². The number of primary amides is 1. The summed E-state index contributed by atoms with van der Waals surface area (Å²) in [5, 5.41) is 18.0. The van der Waals surface area contributed by atoms with Crippen LogP contribution in [0, 0.1) is 0 Å². The lowest BCUT2D eigenvalue weighted by molar-refractivity contribution is -0.152. The Labute approximate surface area is 254 Å². The van der Waals surface area contributed by atoms with E-state index in [0.29, 0.717) is 34.4 Å². The Balaban J connectivity index is 1.33. The molecule has 4 atom stereocenters. The number of nitrogens with one attached hydrogen (secondary N) is 1. The zero-order valence-electron chi connectivity index (χ0n) is 23.4. The van der Waals surface area contributed by atoms with Crippen molar-refractivity contribution < 1.29 is 33.3 Å². The lowest BCUT2D eigenvalue weighted by Gasteiger charge is -2.17. The van der Waals surface area contributed by atoms with Crippen LogP contribution in [0.4, 0.5) is 10.6 Å². The number of esters is 1. The molecule has 1 saturated heterocycles. The van der Waals surface area contributed by atoms with E-state index in [1.165, 1.54) is 17.2 Å². The Morgan fingerprint density at radius 2 is 2.05 bits per heavy atom. The molecule has 4 unspecified atom stereocenters. The summed E-state index contributed by atoms with van der Waals surface area (Å²) in [7, 11) is 3.91. The quantitative estimate of drug-likeness (QED) is 0.0717. The van der Waals surface area contributed by atoms with Crippen LogP contribution in [0.25, 0.3) is 21.6 Å². The lowest BCUT2D eigenvalue weighted by Crippen LogP contribution is -2.37. The van der Waals surface area contributed by atoms with Gasteiger partial charge in [-0.3, -0.25) is 4.57 Å². The minimum Gasteiger partial charge on any atom is -0.485 e. The first-order valence-electron chi connectivity index (χ1n) is 13.1. The van der Waals surface area contributed by atoms with E-state index in [-0.39, 0.29) is 18.8 Å².